The van der Waals surface area contributed by atoms with E-state index >= 15 is 0 Å². The SMILES string of the molecule is CN(CC1(C#N)CCC1)c1ccc(F)c(F)c1. The molecule has 0 aliphatic heterocycles. The van der Waals surface area contributed by atoms with Crippen LogP contribution in [0.3, 0.4) is 0 Å². The predicted molar refractivity (Wildman–Crippen MR) is 61.5 cm³/mol. The fourth-order valence-corrected chi connectivity index (χ4v) is 2.18. The minimum atomic E-state index is -0.853. The van der Waals surface area contributed by atoms with Gasteiger partial charge in [0, 0.05) is 25.3 Å². The molecule has 0 amide bonds. The molecule has 1 saturated carbocycles. The summed E-state index contributed by atoms with van der Waals surface area (Å²) >= 11 is 0. The molecule has 0 aromatic heterocycles. The highest BCUT2D eigenvalue weighted by Gasteiger charge is 2.38. The van der Waals surface area contributed by atoms with E-state index in [4.69, 9.17) is 5.26 Å². The highest BCUT2D eigenvalue weighted by atomic mass is 19.2. The lowest BCUT2D eigenvalue weighted by molar-refractivity contribution is 0.223. The lowest BCUT2D eigenvalue weighted by atomic mass is 9.69. The van der Waals surface area contributed by atoms with Gasteiger partial charge in [-0.25, -0.2) is 8.78 Å². The van der Waals surface area contributed by atoms with Crippen molar-refractivity contribution in [2.45, 2.75) is 19.3 Å². The van der Waals surface area contributed by atoms with Gasteiger partial charge in [-0.1, -0.05) is 6.42 Å². The van der Waals surface area contributed by atoms with Gasteiger partial charge in [0.2, 0.25) is 0 Å². The van der Waals surface area contributed by atoms with Crippen LogP contribution in [-0.2, 0) is 0 Å². The minimum absolute atomic E-state index is 0.306. The average Bonchev–Trinajstić information content (AvgIpc) is 2.27. The molecule has 17 heavy (non-hydrogen) atoms. The Morgan fingerprint density at radius 1 is 1.35 bits per heavy atom. The number of nitrogens with zero attached hydrogens (tertiary/aromatic N) is 2. The zero-order chi connectivity index (χ0) is 12.5. The largest absolute Gasteiger partial charge is 0.373 e. The topological polar surface area (TPSA) is 27.0 Å². The molecule has 1 aliphatic rings. The van der Waals surface area contributed by atoms with Crippen molar-refractivity contribution in [3.63, 3.8) is 0 Å². The van der Waals surface area contributed by atoms with Crippen LogP contribution in [0.4, 0.5) is 14.5 Å². The molecule has 1 aliphatic carbocycles. The van der Waals surface area contributed by atoms with Crippen LogP contribution in [0.15, 0.2) is 18.2 Å². The molecule has 0 N–H and O–H groups in total. The van der Waals surface area contributed by atoms with E-state index in [9.17, 15) is 8.78 Å². The fourth-order valence-electron chi connectivity index (χ4n) is 2.18. The second-order valence-corrected chi connectivity index (χ2v) is 4.70. The standard InChI is InChI=1S/C13H14F2N2/c1-17(9-13(8-16)5-2-6-13)10-3-4-11(14)12(15)7-10/h3-4,7H,2,5-6,9H2,1H3. The van der Waals surface area contributed by atoms with Crippen LogP contribution in [0.5, 0.6) is 0 Å². The molecule has 0 atom stereocenters. The number of benzene rings is 1. The van der Waals surface area contributed by atoms with Crippen LogP contribution < -0.4 is 4.90 Å². The van der Waals surface area contributed by atoms with Crippen LogP contribution in [0.2, 0.25) is 0 Å². The van der Waals surface area contributed by atoms with Crippen LogP contribution >= 0.6 is 0 Å². The number of hydrogen-bond acceptors (Lipinski definition) is 2. The van der Waals surface area contributed by atoms with E-state index in [1.165, 1.54) is 12.1 Å². The number of hydrogen-bond donors (Lipinski definition) is 0. The monoisotopic (exact) mass is 236 g/mol. The summed E-state index contributed by atoms with van der Waals surface area (Å²) in [7, 11) is 1.80. The highest BCUT2D eigenvalue weighted by Crippen LogP contribution is 2.41. The van der Waals surface area contributed by atoms with E-state index in [1.54, 1.807) is 7.05 Å². The quantitative estimate of drug-likeness (QED) is 0.806. The molecule has 0 heterocycles. The van der Waals surface area contributed by atoms with Gasteiger partial charge in [-0.3, -0.25) is 0 Å². The third-order valence-corrected chi connectivity index (χ3v) is 3.43. The van der Waals surface area contributed by atoms with E-state index < -0.39 is 11.6 Å². The van der Waals surface area contributed by atoms with Crippen molar-refractivity contribution in [2.75, 3.05) is 18.5 Å². The Labute approximate surface area is 99.5 Å². The van der Waals surface area contributed by atoms with Crippen LogP contribution in [0.1, 0.15) is 19.3 Å². The lowest BCUT2D eigenvalue weighted by Gasteiger charge is -2.39. The maximum Gasteiger partial charge on any atom is 0.160 e. The van der Waals surface area contributed by atoms with Crippen molar-refractivity contribution in [3.05, 3.63) is 29.8 Å². The van der Waals surface area contributed by atoms with Crippen molar-refractivity contribution in [3.8, 4) is 6.07 Å². The van der Waals surface area contributed by atoms with Crippen molar-refractivity contribution < 1.29 is 8.78 Å². The normalized spacial score (nSPS) is 17.1. The number of rotatable bonds is 3. The molecule has 1 aromatic rings. The second kappa shape index (κ2) is 4.33. The minimum Gasteiger partial charge on any atom is -0.373 e. The molecule has 90 valence electrons. The van der Waals surface area contributed by atoms with Crippen molar-refractivity contribution >= 4 is 5.69 Å². The summed E-state index contributed by atoms with van der Waals surface area (Å²) in [5.41, 5.74) is 0.296. The van der Waals surface area contributed by atoms with Gasteiger partial charge < -0.3 is 4.90 Å². The first kappa shape index (κ1) is 11.8. The summed E-state index contributed by atoms with van der Waals surface area (Å²) in [5, 5.41) is 9.12. The first-order valence-corrected chi connectivity index (χ1v) is 5.64. The first-order chi connectivity index (χ1) is 8.06. The lowest BCUT2D eigenvalue weighted by Crippen LogP contribution is -2.39. The van der Waals surface area contributed by atoms with Crippen molar-refractivity contribution in [1.29, 1.82) is 5.26 Å². The first-order valence-electron chi connectivity index (χ1n) is 5.64. The Hall–Kier alpha value is -1.63. The average molecular weight is 236 g/mol. The summed E-state index contributed by atoms with van der Waals surface area (Å²) in [6.45, 7) is 0.564. The summed E-state index contributed by atoms with van der Waals surface area (Å²) in [6.07, 6.45) is 2.84. The zero-order valence-corrected chi connectivity index (χ0v) is 9.71. The van der Waals surface area contributed by atoms with Gasteiger partial charge in [0.05, 0.1) is 11.5 Å². The van der Waals surface area contributed by atoms with Crippen molar-refractivity contribution in [1.82, 2.24) is 0 Å². The summed E-state index contributed by atoms with van der Waals surface area (Å²) in [4.78, 5) is 1.81. The molecule has 0 saturated heterocycles. The third-order valence-electron chi connectivity index (χ3n) is 3.43. The molecule has 0 bridgehead atoms. The smallest absolute Gasteiger partial charge is 0.160 e. The van der Waals surface area contributed by atoms with Crippen molar-refractivity contribution in [2.24, 2.45) is 5.41 Å². The maximum atomic E-state index is 13.1. The van der Waals surface area contributed by atoms with Gasteiger partial charge in [0.1, 0.15) is 0 Å². The second-order valence-electron chi connectivity index (χ2n) is 4.70. The van der Waals surface area contributed by atoms with E-state index in [1.807, 2.05) is 4.90 Å². The Bertz CT molecular complexity index is 461. The zero-order valence-electron chi connectivity index (χ0n) is 9.71. The summed E-state index contributed by atoms with van der Waals surface area (Å²) in [5.74, 6) is -1.70. The molecule has 2 nitrogen and oxygen atoms in total. The molecule has 0 spiro atoms. The molecule has 4 heteroatoms. The van der Waals surface area contributed by atoms with Gasteiger partial charge >= 0.3 is 0 Å². The Kier molecular flexibility index (Phi) is 3.01. The molecule has 1 fully saturated rings. The Morgan fingerprint density at radius 3 is 2.53 bits per heavy atom. The number of anilines is 1. The van der Waals surface area contributed by atoms with E-state index in [2.05, 4.69) is 6.07 Å². The molecule has 0 radical (unpaired) electrons. The molecular weight excluding hydrogens is 222 g/mol. The van der Waals surface area contributed by atoms with E-state index in [-0.39, 0.29) is 5.41 Å². The molecule has 2 rings (SSSR count). The Morgan fingerprint density at radius 2 is 2.06 bits per heavy atom. The van der Waals surface area contributed by atoms with Crippen LogP contribution in [0, 0.1) is 28.4 Å². The molecule has 0 unspecified atom stereocenters. The van der Waals surface area contributed by atoms with Gasteiger partial charge in [0.25, 0.3) is 0 Å². The highest BCUT2D eigenvalue weighted by molar-refractivity contribution is 5.46. The number of nitriles is 1. The van der Waals surface area contributed by atoms with E-state index in [0.29, 0.717) is 12.2 Å². The fraction of sp³-hybridized carbons (Fsp3) is 0.462. The summed E-state index contributed by atoms with van der Waals surface area (Å²) < 4.78 is 25.9. The Balaban J connectivity index is 2.12. The van der Waals surface area contributed by atoms with Gasteiger partial charge in [-0.2, -0.15) is 5.26 Å². The van der Waals surface area contributed by atoms with Crippen LogP contribution in [0.25, 0.3) is 0 Å². The van der Waals surface area contributed by atoms with Crippen LogP contribution in [-0.4, -0.2) is 13.6 Å². The van der Waals surface area contributed by atoms with Gasteiger partial charge in [0.15, 0.2) is 11.6 Å². The third kappa shape index (κ3) is 2.23. The molecular formula is C13H14F2N2. The summed E-state index contributed by atoms with van der Waals surface area (Å²) in [6, 6.07) is 6.14. The van der Waals surface area contributed by atoms with E-state index in [0.717, 1.165) is 25.3 Å². The number of halogens is 2. The maximum absolute atomic E-state index is 13.1. The van der Waals surface area contributed by atoms with Gasteiger partial charge in [-0.05, 0) is 25.0 Å². The van der Waals surface area contributed by atoms with Gasteiger partial charge in [-0.15, -0.1) is 0 Å². The molecule has 1 aromatic carbocycles. The predicted octanol–water partition coefficient (Wildman–Crippen LogP) is 3.09.